The van der Waals surface area contributed by atoms with Crippen molar-refractivity contribution in [3.05, 3.63) is 52.2 Å². The molecule has 7 heteroatoms. The van der Waals surface area contributed by atoms with Crippen molar-refractivity contribution >= 4 is 29.0 Å². The Morgan fingerprint density at radius 3 is 2.79 bits per heavy atom. The first-order valence-corrected chi connectivity index (χ1v) is 10.6. The Morgan fingerprint density at radius 2 is 2.07 bits per heavy atom. The van der Waals surface area contributed by atoms with Crippen molar-refractivity contribution in [3.63, 3.8) is 0 Å². The smallest absolute Gasteiger partial charge is 0.321 e. The van der Waals surface area contributed by atoms with E-state index in [2.05, 4.69) is 51.2 Å². The molecule has 1 fully saturated rings. The molecule has 1 aromatic carbocycles. The van der Waals surface area contributed by atoms with E-state index in [-0.39, 0.29) is 6.03 Å². The van der Waals surface area contributed by atoms with Crippen molar-refractivity contribution in [2.24, 2.45) is 4.99 Å². The number of thiophene rings is 1. The molecule has 2 heterocycles. The Bertz CT molecular complexity index is 784. The highest BCUT2D eigenvalue weighted by Gasteiger charge is 2.17. The van der Waals surface area contributed by atoms with Crippen LogP contribution in [0.5, 0.6) is 0 Å². The number of rotatable bonds is 6. The summed E-state index contributed by atoms with van der Waals surface area (Å²) < 4.78 is 0. The van der Waals surface area contributed by atoms with Crippen LogP contribution < -0.4 is 10.6 Å². The van der Waals surface area contributed by atoms with Crippen LogP contribution in [-0.2, 0) is 13.0 Å². The van der Waals surface area contributed by atoms with Crippen molar-refractivity contribution < 1.29 is 4.79 Å². The fourth-order valence-electron chi connectivity index (χ4n) is 3.29. The predicted molar refractivity (Wildman–Crippen MR) is 117 cm³/mol. The fraction of sp³-hybridized carbons (Fsp3) is 0.429. The number of carbonyl (C=O) groups excluding carboxylic acids is 1. The second-order valence-electron chi connectivity index (χ2n) is 6.98. The summed E-state index contributed by atoms with van der Waals surface area (Å²) in [4.78, 5) is 22.0. The van der Waals surface area contributed by atoms with Gasteiger partial charge in [-0.05, 0) is 48.4 Å². The molecule has 1 aliphatic heterocycles. The van der Waals surface area contributed by atoms with Crippen molar-refractivity contribution in [2.75, 3.05) is 39.0 Å². The number of aliphatic imine (C=N–C) groups is 1. The van der Waals surface area contributed by atoms with Crippen molar-refractivity contribution in [1.82, 2.24) is 15.1 Å². The number of anilines is 1. The quantitative estimate of drug-likeness (QED) is 0.576. The molecule has 0 spiro atoms. The number of nitrogens with zero attached hydrogens (tertiary/aromatic N) is 3. The van der Waals surface area contributed by atoms with E-state index in [4.69, 9.17) is 0 Å². The average molecular weight is 400 g/mol. The van der Waals surface area contributed by atoms with Crippen LogP contribution in [0.1, 0.15) is 23.3 Å². The van der Waals surface area contributed by atoms with Crippen LogP contribution in [0, 0.1) is 0 Å². The average Bonchev–Trinajstić information content (AvgIpc) is 3.41. The van der Waals surface area contributed by atoms with E-state index in [0.717, 1.165) is 56.1 Å². The van der Waals surface area contributed by atoms with Gasteiger partial charge in [0, 0.05) is 50.8 Å². The van der Waals surface area contributed by atoms with Gasteiger partial charge in [-0.2, -0.15) is 0 Å². The number of benzene rings is 1. The molecule has 28 heavy (non-hydrogen) atoms. The number of urea groups is 1. The topological polar surface area (TPSA) is 60.0 Å². The highest BCUT2D eigenvalue weighted by atomic mass is 32.1. The lowest BCUT2D eigenvalue weighted by atomic mass is 10.2. The maximum Gasteiger partial charge on any atom is 0.321 e. The van der Waals surface area contributed by atoms with Crippen LogP contribution in [-0.4, -0.2) is 55.5 Å². The zero-order chi connectivity index (χ0) is 19.8. The minimum Gasteiger partial charge on any atom is -0.352 e. The van der Waals surface area contributed by atoms with Crippen LogP contribution in [0.2, 0.25) is 0 Å². The van der Waals surface area contributed by atoms with Crippen LogP contribution in [0.25, 0.3) is 0 Å². The summed E-state index contributed by atoms with van der Waals surface area (Å²) >= 11 is 1.78. The molecule has 150 valence electrons. The third-order valence-corrected chi connectivity index (χ3v) is 5.81. The number of hydrogen-bond acceptors (Lipinski definition) is 3. The lowest BCUT2D eigenvalue weighted by Crippen LogP contribution is -2.39. The third-order valence-electron chi connectivity index (χ3n) is 4.87. The van der Waals surface area contributed by atoms with E-state index in [1.54, 1.807) is 18.4 Å². The van der Waals surface area contributed by atoms with E-state index in [0.29, 0.717) is 6.54 Å². The molecule has 0 saturated carbocycles. The first kappa shape index (κ1) is 20.2. The molecule has 1 saturated heterocycles. The molecule has 2 N–H and O–H groups in total. The second kappa shape index (κ2) is 10.1. The lowest BCUT2D eigenvalue weighted by Gasteiger charge is -2.22. The summed E-state index contributed by atoms with van der Waals surface area (Å²) in [6.45, 7) is 3.26. The van der Waals surface area contributed by atoms with E-state index >= 15 is 0 Å². The molecule has 1 aromatic heterocycles. The molecule has 2 aromatic rings. The fourth-order valence-corrected chi connectivity index (χ4v) is 3.98. The highest BCUT2D eigenvalue weighted by molar-refractivity contribution is 7.09. The number of likely N-dealkylation sites (N-methyl/N-ethyl adjacent to an activating group) is 1. The molecule has 0 aliphatic carbocycles. The Balaban J connectivity index is 1.50. The maximum atomic E-state index is 12.3. The van der Waals surface area contributed by atoms with E-state index in [1.807, 2.05) is 23.1 Å². The molecule has 6 nitrogen and oxygen atoms in total. The molecule has 0 bridgehead atoms. The van der Waals surface area contributed by atoms with Crippen LogP contribution >= 0.6 is 11.3 Å². The van der Waals surface area contributed by atoms with E-state index in [1.165, 1.54) is 4.88 Å². The Morgan fingerprint density at radius 1 is 1.25 bits per heavy atom. The van der Waals surface area contributed by atoms with Gasteiger partial charge in [0.1, 0.15) is 0 Å². The number of likely N-dealkylation sites (tertiary alicyclic amines) is 1. The first-order valence-electron chi connectivity index (χ1n) is 9.75. The first-order chi connectivity index (χ1) is 13.7. The molecular formula is C21H29N5OS. The SMILES string of the molecule is CN=C(NCc1cccc(NC(=O)N2CCCC2)c1)N(C)CCc1cccs1. The normalized spacial score (nSPS) is 14.2. The minimum atomic E-state index is -0.00766. The Labute approximate surface area is 171 Å². The lowest BCUT2D eigenvalue weighted by molar-refractivity contribution is 0.222. The zero-order valence-corrected chi connectivity index (χ0v) is 17.5. The number of nitrogens with one attached hydrogen (secondary N) is 2. The summed E-state index contributed by atoms with van der Waals surface area (Å²) in [5.41, 5.74) is 1.93. The molecule has 1 aliphatic rings. The van der Waals surface area contributed by atoms with Gasteiger partial charge in [0.2, 0.25) is 0 Å². The van der Waals surface area contributed by atoms with Gasteiger partial charge in [-0.1, -0.05) is 18.2 Å². The van der Waals surface area contributed by atoms with Gasteiger partial charge in [-0.3, -0.25) is 4.99 Å². The number of amides is 2. The van der Waals surface area contributed by atoms with Crippen molar-refractivity contribution in [1.29, 1.82) is 0 Å². The van der Waals surface area contributed by atoms with Gasteiger partial charge in [0.05, 0.1) is 0 Å². The van der Waals surface area contributed by atoms with E-state index in [9.17, 15) is 4.79 Å². The third kappa shape index (κ3) is 5.73. The van der Waals surface area contributed by atoms with Crippen LogP contribution in [0.4, 0.5) is 10.5 Å². The molecule has 0 radical (unpaired) electrons. The van der Waals surface area contributed by atoms with E-state index < -0.39 is 0 Å². The monoisotopic (exact) mass is 399 g/mol. The standard InChI is InChI=1S/C21H29N5OS/c1-22-20(25(2)13-10-19-9-6-14-28-19)23-16-17-7-5-8-18(15-17)24-21(27)26-11-3-4-12-26/h5-9,14-15H,3-4,10-13,16H2,1-2H3,(H,22,23)(H,24,27). The molecule has 0 unspecified atom stereocenters. The zero-order valence-electron chi connectivity index (χ0n) is 16.6. The van der Waals surface area contributed by atoms with Crippen LogP contribution in [0.15, 0.2) is 46.8 Å². The second-order valence-corrected chi connectivity index (χ2v) is 8.01. The maximum absolute atomic E-state index is 12.3. The molecular weight excluding hydrogens is 370 g/mol. The van der Waals surface area contributed by atoms with Gasteiger partial charge >= 0.3 is 6.03 Å². The van der Waals surface area contributed by atoms with Crippen molar-refractivity contribution in [2.45, 2.75) is 25.8 Å². The van der Waals surface area contributed by atoms with Gasteiger partial charge < -0.3 is 20.4 Å². The largest absolute Gasteiger partial charge is 0.352 e. The summed E-state index contributed by atoms with van der Waals surface area (Å²) in [6.07, 6.45) is 3.19. The number of carbonyl (C=O) groups is 1. The van der Waals surface area contributed by atoms with Gasteiger partial charge in [0.25, 0.3) is 0 Å². The highest BCUT2D eigenvalue weighted by Crippen LogP contribution is 2.14. The Kier molecular flexibility index (Phi) is 7.31. The predicted octanol–water partition coefficient (Wildman–Crippen LogP) is 3.63. The number of guanidine groups is 1. The van der Waals surface area contributed by atoms with Gasteiger partial charge in [-0.15, -0.1) is 11.3 Å². The minimum absolute atomic E-state index is 0.00766. The molecule has 3 rings (SSSR count). The molecule has 2 amide bonds. The Hall–Kier alpha value is -2.54. The summed E-state index contributed by atoms with van der Waals surface area (Å²) in [5, 5.41) is 8.52. The summed E-state index contributed by atoms with van der Waals surface area (Å²) in [5.74, 6) is 0.864. The number of hydrogen-bond donors (Lipinski definition) is 2. The van der Waals surface area contributed by atoms with Gasteiger partial charge in [0.15, 0.2) is 5.96 Å². The summed E-state index contributed by atoms with van der Waals surface area (Å²) in [6, 6.07) is 12.2. The van der Waals surface area contributed by atoms with Crippen LogP contribution in [0.3, 0.4) is 0 Å². The van der Waals surface area contributed by atoms with Gasteiger partial charge in [-0.25, -0.2) is 4.79 Å². The summed E-state index contributed by atoms with van der Waals surface area (Å²) in [7, 11) is 3.85. The molecule has 0 atom stereocenters. The van der Waals surface area contributed by atoms with Crippen molar-refractivity contribution in [3.8, 4) is 0 Å².